The van der Waals surface area contributed by atoms with Crippen LogP contribution >= 0.6 is 0 Å². The Bertz CT molecular complexity index is 227. The molecule has 1 rings (SSSR count). The van der Waals surface area contributed by atoms with Crippen molar-refractivity contribution in [3.8, 4) is 0 Å². The number of carbonyl (C=O) groups excluding carboxylic acids is 1. The zero-order chi connectivity index (χ0) is 11.3. The number of esters is 1. The van der Waals surface area contributed by atoms with E-state index in [0.29, 0.717) is 5.92 Å². The van der Waals surface area contributed by atoms with Crippen LogP contribution in [0.15, 0.2) is 12.7 Å². The summed E-state index contributed by atoms with van der Waals surface area (Å²) in [6.45, 7) is 7.81. The van der Waals surface area contributed by atoms with E-state index in [2.05, 4.69) is 20.4 Å². The van der Waals surface area contributed by atoms with E-state index in [4.69, 9.17) is 4.74 Å². The van der Waals surface area contributed by atoms with Crippen LogP contribution < -0.4 is 0 Å². The average Bonchev–Trinajstić information content (AvgIpc) is 2.29. The quantitative estimate of drug-likeness (QED) is 0.524. The lowest BCUT2D eigenvalue weighted by molar-refractivity contribution is -0.164. The summed E-state index contributed by atoms with van der Waals surface area (Å²) in [5.74, 6) is 0.180. The maximum absolute atomic E-state index is 11.4. The zero-order valence-electron chi connectivity index (χ0n) is 9.92. The van der Waals surface area contributed by atoms with Gasteiger partial charge in [-0.3, -0.25) is 0 Å². The molecule has 0 spiro atoms. The van der Waals surface area contributed by atoms with Gasteiger partial charge in [-0.15, -0.1) is 0 Å². The van der Waals surface area contributed by atoms with Gasteiger partial charge in [0.2, 0.25) is 0 Å². The maximum Gasteiger partial charge on any atom is 0.330 e. The van der Waals surface area contributed by atoms with Crippen molar-refractivity contribution in [2.75, 3.05) is 0 Å². The van der Waals surface area contributed by atoms with E-state index in [1.165, 1.54) is 25.3 Å². The maximum atomic E-state index is 11.4. The molecule has 1 atom stereocenters. The monoisotopic (exact) mass is 210 g/mol. The Labute approximate surface area is 92.7 Å². The van der Waals surface area contributed by atoms with Crippen LogP contribution in [0.25, 0.3) is 0 Å². The third kappa shape index (κ3) is 2.83. The van der Waals surface area contributed by atoms with Gasteiger partial charge in [0.15, 0.2) is 0 Å². The van der Waals surface area contributed by atoms with E-state index in [0.717, 1.165) is 19.3 Å². The first-order chi connectivity index (χ1) is 7.14. The Hall–Kier alpha value is -0.790. The summed E-state index contributed by atoms with van der Waals surface area (Å²) in [6.07, 6.45) is 7.99. The molecule has 15 heavy (non-hydrogen) atoms. The molecule has 0 aromatic carbocycles. The van der Waals surface area contributed by atoms with Gasteiger partial charge in [-0.05, 0) is 38.0 Å². The van der Waals surface area contributed by atoms with Crippen LogP contribution in [0.3, 0.4) is 0 Å². The highest BCUT2D eigenvalue weighted by Crippen LogP contribution is 2.39. The van der Waals surface area contributed by atoms with E-state index in [1.54, 1.807) is 0 Å². The van der Waals surface area contributed by atoms with Gasteiger partial charge in [0.05, 0.1) is 0 Å². The smallest absolute Gasteiger partial charge is 0.330 e. The molecule has 0 heterocycles. The van der Waals surface area contributed by atoms with E-state index < -0.39 is 0 Å². The molecule has 1 saturated carbocycles. The Morgan fingerprint density at radius 1 is 1.47 bits per heavy atom. The standard InChI is InChI=1S/C13H22O2/c1-4-11(3)13(15-12(14)5-2)9-7-6-8-10-13/h5,11H,2,4,6-10H2,1,3H3. The first-order valence-corrected chi connectivity index (χ1v) is 6.00. The molecule has 0 aromatic heterocycles. The number of hydrogen-bond acceptors (Lipinski definition) is 2. The molecule has 1 fully saturated rings. The van der Waals surface area contributed by atoms with E-state index in [1.807, 2.05) is 0 Å². The number of rotatable bonds is 4. The van der Waals surface area contributed by atoms with E-state index in [9.17, 15) is 4.79 Å². The molecule has 0 N–H and O–H groups in total. The topological polar surface area (TPSA) is 26.3 Å². The summed E-state index contributed by atoms with van der Waals surface area (Å²) in [5, 5.41) is 0. The fourth-order valence-corrected chi connectivity index (χ4v) is 2.46. The minimum Gasteiger partial charge on any atom is -0.456 e. The van der Waals surface area contributed by atoms with Gasteiger partial charge in [0.1, 0.15) is 5.60 Å². The van der Waals surface area contributed by atoms with Crippen molar-refractivity contribution in [3.05, 3.63) is 12.7 Å². The summed E-state index contributed by atoms with van der Waals surface area (Å²) in [7, 11) is 0. The summed E-state index contributed by atoms with van der Waals surface area (Å²) in [6, 6.07) is 0. The van der Waals surface area contributed by atoms with Crippen molar-refractivity contribution < 1.29 is 9.53 Å². The van der Waals surface area contributed by atoms with Crippen molar-refractivity contribution >= 4 is 5.97 Å². The summed E-state index contributed by atoms with van der Waals surface area (Å²) >= 11 is 0. The highest BCUT2D eigenvalue weighted by Gasteiger charge is 2.39. The van der Waals surface area contributed by atoms with Gasteiger partial charge in [-0.25, -0.2) is 4.79 Å². The number of carbonyl (C=O) groups is 1. The molecule has 1 aliphatic rings. The predicted octanol–water partition coefficient (Wildman–Crippen LogP) is 3.46. The van der Waals surface area contributed by atoms with Gasteiger partial charge in [-0.1, -0.05) is 26.8 Å². The lowest BCUT2D eigenvalue weighted by Gasteiger charge is -2.41. The van der Waals surface area contributed by atoms with Crippen LogP contribution in [0.5, 0.6) is 0 Å². The third-order valence-electron chi connectivity index (χ3n) is 3.68. The Morgan fingerprint density at radius 3 is 2.53 bits per heavy atom. The molecule has 1 unspecified atom stereocenters. The lowest BCUT2D eigenvalue weighted by Crippen LogP contribution is -2.42. The van der Waals surface area contributed by atoms with Crippen LogP contribution in [0.4, 0.5) is 0 Å². The first kappa shape index (κ1) is 12.3. The molecule has 0 aromatic rings. The minimum atomic E-state index is -0.266. The van der Waals surface area contributed by atoms with Crippen LogP contribution in [-0.4, -0.2) is 11.6 Å². The largest absolute Gasteiger partial charge is 0.456 e. The van der Waals surface area contributed by atoms with Gasteiger partial charge in [-0.2, -0.15) is 0 Å². The molecule has 0 aliphatic heterocycles. The average molecular weight is 210 g/mol. The van der Waals surface area contributed by atoms with Crippen molar-refractivity contribution in [2.24, 2.45) is 5.92 Å². The molecule has 86 valence electrons. The first-order valence-electron chi connectivity index (χ1n) is 6.00. The van der Waals surface area contributed by atoms with Gasteiger partial charge in [0, 0.05) is 6.08 Å². The van der Waals surface area contributed by atoms with Gasteiger partial charge >= 0.3 is 5.97 Å². The normalized spacial score (nSPS) is 21.7. The summed E-state index contributed by atoms with van der Waals surface area (Å²) in [5.41, 5.74) is -0.210. The molecule has 2 nitrogen and oxygen atoms in total. The van der Waals surface area contributed by atoms with Gasteiger partial charge < -0.3 is 4.74 Å². The fraction of sp³-hybridized carbons (Fsp3) is 0.769. The minimum absolute atomic E-state index is 0.210. The Kier molecular flexibility index (Phi) is 4.37. The molecular weight excluding hydrogens is 188 g/mol. The molecule has 0 saturated heterocycles. The summed E-state index contributed by atoms with van der Waals surface area (Å²) in [4.78, 5) is 11.4. The molecule has 0 radical (unpaired) electrons. The SMILES string of the molecule is C=CC(=O)OC1(C(C)CC)CCCCC1. The Balaban J connectivity index is 2.74. The number of hydrogen-bond donors (Lipinski definition) is 0. The molecule has 0 bridgehead atoms. The highest BCUT2D eigenvalue weighted by molar-refractivity contribution is 5.81. The Morgan fingerprint density at radius 2 is 2.07 bits per heavy atom. The zero-order valence-corrected chi connectivity index (χ0v) is 9.92. The second-order valence-electron chi connectivity index (χ2n) is 4.56. The van der Waals surface area contributed by atoms with Crippen LogP contribution in [-0.2, 0) is 9.53 Å². The van der Waals surface area contributed by atoms with Crippen LogP contribution in [0.2, 0.25) is 0 Å². The lowest BCUT2D eigenvalue weighted by atomic mass is 9.75. The fourth-order valence-electron chi connectivity index (χ4n) is 2.46. The number of ether oxygens (including phenoxy) is 1. The second kappa shape index (κ2) is 5.34. The van der Waals surface area contributed by atoms with Crippen molar-refractivity contribution in [1.29, 1.82) is 0 Å². The predicted molar refractivity (Wildman–Crippen MR) is 61.6 cm³/mol. The van der Waals surface area contributed by atoms with Crippen LogP contribution in [0.1, 0.15) is 52.4 Å². The van der Waals surface area contributed by atoms with Crippen molar-refractivity contribution in [2.45, 2.75) is 58.0 Å². The highest BCUT2D eigenvalue weighted by atomic mass is 16.6. The molecular formula is C13H22O2. The molecule has 1 aliphatic carbocycles. The second-order valence-corrected chi connectivity index (χ2v) is 4.56. The van der Waals surface area contributed by atoms with Crippen LogP contribution in [0, 0.1) is 5.92 Å². The summed E-state index contributed by atoms with van der Waals surface area (Å²) < 4.78 is 5.62. The van der Waals surface area contributed by atoms with Crippen molar-refractivity contribution in [3.63, 3.8) is 0 Å². The van der Waals surface area contributed by atoms with Crippen molar-refractivity contribution in [1.82, 2.24) is 0 Å². The van der Waals surface area contributed by atoms with E-state index in [-0.39, 0.29) is 11.6 Å². The molecule has 2 heteroatoms. The molecule has 0 amide bonds. The van der Waals surface area contributed by atoms with Gasteiger partial charge in [0.25, 0.3) is 0 Å². The van der Waals surface area contributed by atoms with E-state index >= 15 is 0 Å². The third-order valence-corrected chi connectivity index (χ3v) is 3.68.